The van der Waals surface area contributed by atoms with Crippen molar-refractivity contribution in [2.75, 3.05) is 0 Å². The molecule has 2 heteroatoms. The predicted molar refractivity (Wildman–Crippen MR) is 72.5 cm³/mol. The maximum atomic E-state index is 9.82. The highest BCUT2D eigenvalue weighted by molar-refractivity contribution is 5.09. The molecule has 102 valence electrons. The molecule has 2 fully saturated rings. The average Bonchev–Trinajstić information content (AvgIpc) is 2.90. The Labute approximate surface area is 110 Å². The molecule has 2 nitrogen and oxygen atoms in total. The van der Waals surface area contributed by atoms with Crippen molar-refractivity contribution in [3.63, 3.8) is 0 Å². The topological polar surface area (TPSA) is 29.5 Å². The smallest absolute Gasteiger partial charge is 0.0723 e. The van der Waals surface area contributed by atoms with Crippen molar-refractivity contribution in [3.05, 3.63) is 11.6 Å². The van der Waals surface area contributed by atoms with E-state index in [2.05, 4.69) is 6.08 Å². The van der Waals surface area contributed by atoms with Crippen LogP contribution in [0.2, 0.25) is 0 Å². The number of aliphatic hydroxyl groups excluding tert-OH is 1. The summed E-state index contributed by atoms with van der Waals surface area (Å²) in [6.45, 7) is 0. The lowest BCUT2D eigenvalue weighted by molar-refractivity contribution is -0.0357. The van der Waals surface area contributed by atoms with Crippen LogP contribution in [0.3, 0.4) is 0 Å². The molecule has 3 rings (SSSR count). The maximum absolute atomic E-state index is 9.82. The fourth-order valence-electron chi connectivity index (χ4n) is 4.03. The van der Waals surface area contributed by atoms with Gasteiger partial charge in [-0.05, 0) is 51.4 Å². The van der Waals surface area contributed by atoms with Crippen molar-refractivity contribution >= 4 is 0 Å². The lowest BCUT2D eigenvalue weighted by Gasteiger charge is -2.24. The quantitative estimate of drug-likeness (QED) is 0.757. The molecule has 1 aliphatic heterocycles. The normalized spacial score (nSPS) is 35.7. The third kappa shape index (κ3) is 2.80. The van der Waals surface area contributed by atoms with Crippen LogP contribution in [0.4, 0.5) is 0 Å². The molecular formula is C16H26O2. The van der Waals surface area contributed by atoms with Gasteiger partial charge in [-0.2, -0.15) is 0 Å². The summed E-state index contributed by atoms with van der Waals surface area (Å²) in [6, 6.07) is 0. The zero-order chi connectivity index (χ0) is 12.4. The van der Waals surface area contributed by atoms with Gasteiger partial charge >= 0.3 is 0 Å². The van der Waals surface area contributed by atoms with E-state index in [1.165, 1.54) is 56.9 Å². The first-order valence-electron chi connectivity index (χ1n) is 7.81. The lowest BCUT2D eigenvalue weighted by Crippen LogP contribution is -2.25. The van der Waals surface area contributed by atoms with Crippen LogP contribution in [-0.4, -0.2) is 22.9 Å². The van der Waals surface area contributed by atoms with Crippen molar-refractivity contribution in [2.24, 2.45) is 0 Å². The molecule has 0 amide bonds. The van der Waals surface area contributed by atoms with Gasteiger partial charge in [0.2, 0.25) is 0 Å². The second kappa shape index (κ2) is 5.34. The third-order valence-electron chi connectivity index (χ3n) is 5.02. The molecule has 1 saturated carbocycles. The second-order valence-electron chi connectivity index (χ2n) is 6.51. The van der Waals surface area contributed by atoms with Gasteiger partial charge in [0.25, 0.3) is 0 Å². The molecule has 0 aromatic heterocycles. The molecule has 18 heavy (non-hydrogen) atoms. The van der Waals surface area contributed by atoms with Crippen LogP contribution < -0.4 is 0 Å². The molecule has 1 saturated heterocycles. The van der Waals surface area contributed by atoms with Crippen LogP contribution in [0.15, 0.2) is 11.6 Å². The Morgan fingerprint density at radius 3 is 2.78 bits per heavy atom. The van der Waals surface area contributed by atoms with E-state index < -0.39 is 0 Å². The number of rotatable bonds is 2. The predicted octanol–water partition coefficient (Wildman–Crippen LogP) is 3.73. The van der Waals surface area contributed by atoms with Gasteiger partial charge in [-0.25, -0.2) is 0 Å². The fraction of sp³-hybridized carbons (Fsp3) is 0.875. The van der Waals surface area contributed by atoms with Gasteiger partial charge < -0.3 is 9.84 Å². The summed E-state index contributed by atoms with van der Waals surface area (Å²) >= 11 is 0. The van der Waals surface area contributed by atoms with Crippen molar-refractivity contribution in [2.45, 2.75) is 88.4 Å². The average molecular weight is 250 g/mol. The molecule has 0 radical (unpaired) electrons. The third-order valence-corrected chi connectivity index (χ3v) is 5.02. The zero-order valence-electron chi connectivity index (χ0n) is 11.4. The van der Waals surface area contributed by atoms with E-state index in [-0.39, 0.29) is 11.7 Å². The van der Waals surface area contributed by atoms with Gasteiger partial charge in [0.15, 0.2) is 0 Å². The van der Waals surface area contributed by atoms with E-state index in [0.29, 0.717) is 6.10 Å². The molecule has 2 aliphatic carbocycles. The van der Waals surface area contributed by atoms with E-state index >= 15 is 0 Å². The van der Waals surface area contributed by atoms with Crippen molar-refractivity contribution in [1.82, 2.24) is 0 Å². The number of ether oxygens (including phenoxy) is 1. The molecule has 1 spiro atoms. The van der Waals surface area contributed by atoms with Crippen LogP contribution in [0.5, 0.6) is 0 Å². The molecule has 1 N–H and O–H groups in total. The summed E-state index contributed by atoms with van der Waals surface area (Å²) in [5.41, 5.74) is 1.70. The van der Waals surface area contributed by atoms with E-state index in [9.17, 15) is 5.11 Å². The van der Waals surface area contributed by atoms with Gasteiger partial charge in [0, 0.05) is 0 Å². The van der Waals surface area contributed by atoms with Crippen molar-refractivity contribution < 1.29 is 9.84 Å². The van der Waals surface area contributed by atoms with E-state index in [1.807, 2.05) is 0 Å². The van der Waals surface area contributed by atoms with Gasteiger partial charge in [-0.15, -0.1) is 0 Å². The summed E-state index contributed by atoms with van der Waals surface area (Å²) in [6.07, 6.45) is 15.7. The van der Waals surface area contributed by atoms with Gasteiger partial charge in [0.1, 0.15) is 0 Å². The largest absolute Gasteiger partial charge is 0.389 e. The fourth-order valence-corrected chi connectivity index (χ4v) is 4.03. The number of hydrogen-bond donors (Lipinski definition) is 1. The lowest BCUT2D eigenvalue weighted by atomic mass is 9.97. The summed E-state index contributed by atoms with van der Waals surface area (Å²) in [5, 5.41) is 9.82. The maximum Gasteiger partial charge on any atom is 0.0723 e. The van der Waals surface area contributed by atoms with E-state index in [0.717, 1.165) is 19.3 Å². The Morgan fingerprint density at radius 1 is 1.11 bits per heavy atom. The van der Waals surface area contributed by atoms with E-state index in [4.69, 9.17) is 4.74 Å². The number of hydrogen-bond acceptors (Lipinski definition) is 2. The summed E-state index contributed by atoms with van der Waals surface area (Å²) in [5.74, 6) is 0. The molecule has 0 aromatic rings. The SMILES string of the molecule is OC1C=C(CC2CCC3(CCCC3)O2)CCCC1. The zero-order valence-corrected chi connectivity index (χ0v) is 11.4. The Balaban J connectivity index is 1.57. The molecule has 1 heterocycles. The first-order chi connectivity index (χ1) is 8.76. The van der Waals surface area contributed by atoms with Gasteiger partial charge in [-0.3, -0.25) is 0 Å². The number of aliphatic hydroxyl groups is 1. The Morgan fingerprint density at radius 2 is 1.94 bits per heavy atom. The summed E-state index contributed by atoms with van der Waals surface area (Å²) in [7, 11) is 0. The van der Waals surface area contributed by atoms with Crippen molar-refractivity contribution in [3.8, 4) is 0 Å². The molecule has 0 bridgehead atoms. The standard InChI is InChI=1S/C16H26O2/c17-14-6-2-1-5-13(11-14)12-15-7-10-16(18-15)8-3-4-9-16/h11,14-15,17H,1-10,12H2. The highest BCUT2D eigenvalue weighted by atomic mass is 16.5. The minimum absolute atomic E-state index is 0.204. The highest BCUT2D eigenvalue weighted by Crippen LogP contribution is 2.44. The minimum atomic E-state index is -0.204. The van der Waals surface area contributed by atoms with Crippen LogP contribution in [0.1, 0.15) is 70.6 Å². The first kappa shape index (κ1) is 12.7. The van der Waals surface area contributed by atoms with Gasteiger partial charge in [-0.1, -0.05) is 30.9 Å². The molecule has 2 atom stereocenters. The van der Waals surface area contributed by atoms with Gasteiger partial charge in [0.05, 0.1) is 17.8 Å². The van der Waals surface area contributed by atoms with Crippen molar-refractivity contribution in [1.29, 1.82) is 0 Å². The van der Waals surface area contributed by atoms with Crippen LogP contribution in [-0.2, 0) is 4.74 Å². The Hall–Kier alpha value is -0.340. The molecule has 2 unspecified atom stereocenters. The Kier molecular flexibility index (Phi) is 3.76. The van der Waals surface area contributed by atoms with E-state index in [1.54, 1.807) is 0 Å². The van der Waals surface area contributed by atoms with Crippen LogP contribution in [0.25, 0.3) is 0 Å². The monoisotopic (exact) mass is 250 g/mol. The first-order valence-corrected chi connectivity index (χ1v) is 7.81. The molecule has 3 aliphatic rings. The second-order valence-corrected chi connectivity index (χ2v) is 6.51. The molecule has 0 aromatic carbocycles. The summed E-state index contributed by atoms with van der Waals surface area (Å²) in [4.78, 5) is 0. The summed E-state index contributed by atoms with van der Waals surface area (Å²) < 4.78 is 6.37. The highest BCUT2D eigenvalue weighted by Gasteiger charge is 2.42. The minimum Gasteiger partial charge on any atom is -0.389 e. The van der Waals surface area contributed by atoms with Crippen LogP contribution >= 0.6 is 0 Å². The molecular weight excluding hydrogens is 224 g/mol. The van der Waals surface area contributed by atoms with Crippen LogP contribution in [0, 0.1) is 0 Å². The Bertz CT molecular complexity index is 315.